The molecule has 0 unspecified atom stereocenters. The van der Waals surface area contributed by atoms with E-state index in [0.29, 0.717) is 0 Å². The predicted octanol–water partition coefficient (Wildman–Crippen LogP) is 0.781. The third-order valence-corrected chi connectivity index (χ3v) is 2.77. The largest absolute Gasteiger partial charge is 0.393 e. The van der Waals surface area contributed by atoms with Crippen LogP contribution in [0.15, 0.2) is 0 Å². The summed E-state index contributed by atoms with van der Waals surface area (Å²) in [7, 11) is 0. The van der Waals surface area contributed by atoms with Gasteiger partial charge in [0.25, 0.3) is 0 Å². The molecule has 1 fully saturated rings. The first-order chi connectivity index (χ1) is 7.61. The zero-order valence-electron chi connectivity index (χ0n) is 9.62. The maximum Gasteiger partial charge on any atom is 0.217 e. The minimum atomic E-state index is -0.616. The highest BCUT2D eigenvalue weighted by molar-refractivity contribution is 5.73. The number of halogens is 1. The van der Waals surface area contributed by atoms with Crippen LogP contribution in [0.25, 0.3) is 0 Å². The van der Waals surface area contributed by atoms with E-state index >= 15 is 0 Å². The highest BCUT2D eigenvalue weighted by Gasteiger charge is 2.21. The summed E-state index contributed by atoms with van der Waals surface area (Å²) in [6, 6.07) is -0.552. The van der Waals surface area contributed by atoms with Gasteiger partial charge in [0.05, 0.1) is 24.9 Å². The summed E-state index contributed by atoms with van der Waals surface area (Å²) in [5.74, 6) is -0.245. The average Bonchev–Trinajstić information content (AvgIpc) is 2.26. The number of alkyl halides is 1. The Kier molecular flexibility index (Phi) is 5.69. The van der Waals surface area contributed by atoms with Crippen LogP contribution >= 0.6 is 0 Å². The fraction of sp³-hybridized carbons (Fsp3) is 0.909. The maximum absolute atomic E-state index is 12.5. The molecule has 94 valence electrons. The van der Waals surface area contributed by atoms with Crippen LogP contribution in [0.4, 0.5) is 4.39 Å². The van der Waals surface area contributed by atoms with Crippen LogP contribution in [0.2, 0.25) is 0 Å². The van der Waals surface area contributed by atoms with Crippen LogP contribution in [-0.2, 0) is 9.53 Å². The van der Waals surface area contributed by atoms with Gasteiger partial charge in [0.15, 0.2) is 0 Å². The van der Waals surface area contributed by atoms with Crippen LogP contribution in [0, 0.1) is 0 Å². The van der Waals surface area contributed by atoms with Gasteiger partial charge in [-0.15, -0.1) is 0 Å². The molecule has 1 aliphatic rings. The molecule has 1 atom stereocenters. The van der Waals surface area contributed by atoms with Gasteiger partial charge in [0.1, 0.15) is 6.67 Å². The standard InChI is InChI=1S/C11H20FNO3/c1-8(14)13-9(6-12)7-16-11-4-2-10(15)3-5-11/h9-11,15H,2-7H2,1H3,(H,13,14)/t9-,10?,11?/m0/s1. The van der Waals surface area contributed by atoms with Gasteiger partial charge in [-0.25, -0.2) is 4.39 Å². The lowest BCUT2D eigenvalue weighted by atomic mass is 9.95. The first kappa shape index (κ1) is 13.4. The van der Waals surface area contributed by atoms with E-state index in [9.17, 15) is 14.3 Å². The summed E-state index contributed by atoms with van der Waals surface area (Å²) in [5, 5.41) is 11.8. The minimum Gasteiger partial charge on any atom is -0.393 e. The van der Waals surface area contributed by atoms with Gasteiger partial charge >= 0.3 is 0 Å². The van der Waals surface area contributed by atoms with Crippen LogP contribution in [0.5, 0.6) is 0 Å². The zero-order chi connectivity index (χ0) is 12.0. The van der Waals surface area contributed by atoms with Crippen LogP contribution < -0.4 is 5.32 Å². The molecule has 1 aliphatic carbocycles. The van der Waals surface area contributed by atoms with Gasteiger partial charge in [-0.05, 0) is 25.7 Å². The van der Waals surface area contributed by atoms with Gasteiger partial charge in [-0.3, -0.25) is 4.79 Å². The first-order valence-electron chi connectivity index (χ1n) is 5.74. The molecule has 0 aromatic heterocycles. The van der Waals surface area contributed by atoms with Crippen LogP contribution in [-0.4, -0.2) is 42.5 Å². The number of hydrogen-bond acceptors (Lipinski definition) is 3. The topological polar surface area (TPSA) is 58.6 Å². The quantitative estimate of drug-likeness (QED) is 0.737. The SMILES string of the molecule is CC(=O)N[C@@H](CF)COC1CCC(O)CC1. The molecule has 0 radical (unpaired) electrons. The zero-order valence-corrected chi connectivity index (χ0v) is 9.62. The van der Waals surface area contributed by atoms with Crippen molar-refractivity contribution in [3.8, 4) is 0 Å². The number of carbonyl (C=O) groups is 1. The van der Waals surface area contributed by atoms with E-state index in [1.54, 1.807) is 0 Å². The number of nitrogens with one attached hydrogen (secondary N) is 1. The van der Waals surface area contributed by atoms with Gasteiger partial charge in [0.2, 0.25) is 5.91 Å². The van der Waals surface area contributed by atoms with Crippen molar-refractivity contribution >= 4 is 5.91 Å². The first-order valence-corrected chi connectivity index (χ1v) is 5.74. The fourth-order valence-electron chi connectivity index (χ4n) is 1.88. The molecule has 4 nitrogen and oxygen atoms in total. The summed E-state index contributed by atoms with van der Waals surface area (Å²) >= 11 is 0. The van der Waals surface area contributed by atoms with Gasteiger partial charge < -0.3 is 15.2 Å². The Bertz CT molecular complexity index is 217. The number of amides is 1. The second-order valence-corrected chi connectivity index (χ2v) is 4.32. The Morgan fingerprint density at radius 2 is 2.12 bits per heavy atom. The maximum atomic E-state index is 12.5. The number of carbonyl (C=O) groups excluding carboxylic acids is 1. The Hall–Kier alpha value is -0.680. The van der Waals surface area contributed by atoms with Crippen LogP contribution in [0.1, 0.15) is 32.6 Å². The number of ether oxygens (including phenoxy) is 1. The Balaban J connectivity index is 2.19. The lowest BCUT2D eigenvalue weighted by molar-refractivity contribution is -0.120. The molecule has 0 aromatic carbocycles. The summed E-state index contributed by atoms with van der Waals surface area (Å²) in [6.45, 7) is 0.950. The van der Waals surface area contributed by atoms with E-state index in [1.807, 2.05) is 0 Å². The molecule has 5 heteroatoms. The predicted molar refractivity (Wildman–Crippen MR) is 57.8 cm³/mol. The second kappa shape index (κ2) is 6.81. The molecule has 0 aromatic rings. The molecule has 0 aliphatic heterocycles. The van der Waals surface area contributed by atoms with Crippen molar-refractivity contribution < 1.29 is 19.0 Å². The Morgan fingerprint density at radius 3 is 2.62 bits per heavy atom. The summed E-state index contributed by atoms with van der Waals surface area (Å²) < 4.78 is 18.0. The lowest BCUT2D eigenvalue weighted by Gasteiger charge is -2.27. The lowest BCUT2D eigenvalue weighted by Crippen LogP contribution is -2.40. The summed E-state index contributed by atoms with van der Waals surface area (Å²) in [6.07, 6.45) is 2.97. The molecule has 1 amide bonds. The van der Waals surface area contributed by atoms with Crippen molar-refractivity contribution in [3.05, 3.63) is 0 Å². The number of aliphatic hydroxyl groups excluding tert-OH is 1. The molecular weight excluding hydrogens is 213 g/mol. The molecule has 2 N–H and O–H groups in total. The molecule has 0 saturated heterocycles. The molecule has 0 heterocycles. The third-order valence-electron chi connectivity index (χ3n) is 2.77. The summed E-state index contributed by atoms with van der Waals surface area (Å²) in [4.78, 5) is 10.7. The highest BCUT2D eigenvalue weighted by atomic mass is 19.1. The smallest absolute Gasteiger partial charge is 0.217 e. The van der Waals surface area contributed by atoms with E-state index in [1.165, 1.54) is 6.92 Å². The molecule has 0 spiro atoms. The summed E-state index contributed by atoms with van der Waals surface area (Å²) in [5.41, 5.74) is 0. The third kappa shape index (κ3) is 4.90. The van der Waals surface area contributed by atoms with Crippen LogP contribution in [0.3, 0.4) is 0 Å². The van der Waals surface area contributed by atoms with Gasteiger partial charge in [-0.2, -0.15) is 0 Å². The number of hydrogen-bond donors (Lipinski definition) is 2. The molecule has 1 saturated carbocycles. The van der Waals surface area contributed by atoms with E-state index in [4.69, 9.17) is 4.74 Å². The Labute approximate surface area is 95.2 Å². The Morgan fingerprint density at radius 1 is 1.50 bits per heavy atom. The van der Waals surface area contributed by atoms with Gasteiger partial charge in [-0.1, -0.05) is 0 Å². The molecular formula is C11H20FNO3. The van der Waals surface area contributed by atoms with Crippen molar-refractivity contribution in [2.24, 2.45) is 0 Å². The fourth-order valence-corrected chi connectivity index (χ4v) is 1.88. The molecule has 1 rings (SSSR count). The minimum absolute atomic E-state index is 0.0891. The van der Waals surface area contributed by atoms with Crippen molar-refractivity contribution in [2.45, 2.75) is 50.9 Å². The van der Waals surface area contributed by atoms with Crippen molar-refractivity contribution in [1.29, 1.82) is 0 Å². The van der Waals surface area contributed by atoms with E-state index in [-0.39, 0.29) is 24.7 Å². The molecule has 16 heavy (non-hydrogen) atoms. The van der Waals surface area contributed by atoms with Crippen molar-refractivity contribution in [3.63, 3.8) is 0 Å². The van der Waals surface area contributed by atoms with Crippen molar-refractivity contribution in [2.75, 3.05) is 13.3 Å². The normalized spacial score (nSPS) is 27.4. The van der Waals surface area contributed by atoms with E-state index in [0.717, 1.165) is 25.7 Å². The monoisotopic (exact) mass is 233 g/mol. The number of rotatable bonds is 5. The van der Waals surface area contributed by atoms with Gasteiger partial charge in [0, 0.05) is 6.92 Å². The van der Waals surface area contributed by atoms with Crippen molar-refractivity contribution in [1.82, 2.24) is 5.32 Å². The molecule has 0 bridgehead atoms. The second-order valence-electron chi connectivity index (χ2n) is 4.32. The highest BCUT2D eigenvalue weighted by Crippen LogP contribution is 2.20. The van der Waals surface area contributed by atoms with E-state index in [2.05, 4.69) is 5.32 Å². The van der Waals surface area contributed by atoms with E-state index < -0.39 is 12.7 Å². The average molecular weight is 233 g/mol. The number of aliphatic hydroxyl groups is 1.